The van der Waals surface area contributed by atoms with Crippen molar-refractivity contribution in [1.82, 2.24) is 19.7 Å². The second-order valence-corrected chi connectivity index (χ2v) is 8.01. The number of aryl methyl sites for hydroxylation is 2. The van der Waals surface area contributed by atoms with Crippen LogP contribution < -0.4 is 5.32 Å². The van der Waals surface area contributed by atoms with E-state index in [0.717, 1.165) is 45.8 Å². The van der Waals surface area contributed by atoms with Crippen molar-refractivity contribution in [2.24, 2.45) is 7.05 Å². The standard InChI is InChI=1S/C18H22ClN5S/c1-12-16-17(23(2)22-12)21-18(25-16)20-11-15(24-9-3-4-10-24)13-5-7-14(19)8-6-13/h5-8,15H,3-4,9-11H2,1-2H3,(H,20,21)/t15-/m1/s1. The van der Waals surface area contributed by atoms with Crippen molar-refractivity contribution in [3.63, 3.8) is 0 Å². The molecule has 132 valence electrons. The van der Waals surface area contributed by atoms with E-state index in [2.05, 4.69) is 27.4 Å². The first-order valence-electron chi connectivity index (χ1n) is 8.65. The average Bonchev–Trinajstić information content (AvgIpc) is 3.30. The maximum atomic E-state index is 6.07. The summed E-state index contributed by atoms with van der Waals surface area (Å²) in [5, 5.41) is 9.72. The van der Waals surface area contributed by atoms with Crippen molar-refractivity contribution in [1.29, 1.82) is 0 Å². The smallest absolute Gasteiger partial charge is 0.185 e. The SMILES string of the molecule is Cc1nn(C)c2nc(NC[C@H](c3ccc(Cl)cc3)N3CCCC3)sc12. The lowest BCUT2D eigenvalue weighted by Gasteiger charge is -2.28. The Morgan fingerprint density at radius 2 is 1.96 bits per heavy atom. The summed E-state index contributed by atoms with van der Waals surface area (Å²) >= 11 is 7.75. The molecule has 0 bridgehead atoms. The lowest BCUT2D eigenvalue weighted by Crippen LogP contribution is -2.31. The van der Waals surface area contributed by atoms with Crippen LogP contribution in [0.4, 0.5) is 5.13 Å². The highest BCUT2D eigenvalue weighted by Crippen LogP contribution is 2.30. The van der Waals surface area contributed by atoms with E-state index in [9.17, 15) is 0 Å². The Hall–Kier alpha value is -1.63. The fourth-order valence-corrected chi connectivity index (χ4v) is 4.60. The second kappa shape index (κ2) is 6.94. The van der Waals surface area contributed by atoms with Crippen molar-refractivity contribution in [2.45, 2.75) is 25.8 Å². The van der Waals surface area contributed by atoms with Gasteiger partial charge in [-0.05, 0) is 50.6 Å². The molecule has 3 aromatic rings. The van der Waals surface area contributed by atoms with E-state index in [-0.39, 0.29) is 0 Å². The molecule has 3 heterocycles. The largest absolute Gasteiger partial charge is 0.360 e. The van der Waals surface area contributed by atoms with Gasteiger partial charge >= 0.3 is 0 Å². The van der Waals surface area contributed by atoms with Gasteiger partial charge in [-0.15, -0.1) is 0 Å². The third-order valence-electron chi connectivity index (χ3n) is 4.83. The zero-order valence-corrected chi connectivity index (χ0v) is 16.1. The third-order valence-corrected chi connectivity index (χ3v) is 6.19. The fraction of sp³-hybridized carbons (Fsp3) is 0.444. The normalized spacial score (nSPS) is 16.6. The summed E-state index contributed by atoms with van der Waals surface area (Å²) in [7, 11) is 1.94. The van der Waals surface area contributed by atoms with Crippen LogP contribution in [0.1, 0.15) is 30.1 Å². The number of nitrogens with one attached hydrogen (secondary N) is 1. The van der Waals surface area contributed by atoms with Crippen LogP contribution in [0.15, 0.2) is 24.3 Å². The highest BCUT2D eigenvalue weighted by atomic mass is 35.5. The molecule has 0 spiro atoms. The molecule has 4 rings (SSSR count). The maximum Gasteiger partial charge on any atom is 0.185 e. The number of benzene rings is 1. The highest BCUT2D eigenvalue weighted by molar-refractivity contribution is 7.22. The van der Waals surface area contributed by atoms with E-state index in [4.69, 9.17) is 16.6 Å². The molecule has 1 N–H and O–H groups in total. The van der Waals surface area contributed by atoms with Crippen molar-refractivity contribution < 1.29 is 0 Å². The fourth-order valence-electron chi connectivity index (χ4n) is 3.54. The summed E-state index contributed by atoms with van der Waals surface area (Å²) in [6, 6.07) is 8.57. The number of hydrogen-bond acceptors (Lipinski definition) is 5. The predicted octanol–water partition coefficient (Wildman–Crippen LogP) is 4.24. The van der Waals surface area contributed by atoms with Crippen LogP contribution >= 0.6 is 22.9 Å². The molecule has 5 nitrogen and oxygen atoms in total. The Morgan fingerprint density at radius 1 is 1.24 bits per heavy atom. The Labute approximate surface area is 156 Å². The van der Waals surface area contributed by atoms with Crippen LogP contribution in [0.5, 0.6) is 0 Å². The van der Waals surface area contributed by atoms with Gasteiger partial charge in [0, 0.05) is 18.6 Å². The van der Waals surface area contributed by atoms with Crippen molar-refractivity contribution >= 4 is 38.4 Å². The number of fused-ring (bicyclic) bond motifs is 1. The van der Waals surface area contributed by atoms with E-state index in [1.807, 2.05) is 30.8 Å². The van der Waals surface area contributed by atoms with Gasteiger partial charge in [0.2, 0.25) is 0 Å². The number of halogens is 1. The van der Waals surface area contributed by atoms with Crippen LogP contribution in [-0.2, 0) is 7.05 Å². The quantitative estimate of drug-likeness (QED) is 0.724. The summed E-state index contributed by atoms with van der Waals surface area (Å²) < 4.78 is 3.01. The third kappa shape index (κ3) is 3.38. The second-order valence-electron chi connectivity index (χ2n) is 6.57. The zero-order valence-electron chi connectivity index (χ0n) is 14.5. The Kier molecular flexibility index (Phi) is 4.67. The predicted molar refractivity (Wildman–Crippen MR) is 105 cm³/mol. The summed E-state index contributed by atoms with van der Waals surface area (Å²) in [4.78, 5) is 7.26. The molecule has 0 saturated carbocycles. The maximum absolute atomic E-state index is 6.07. The van der Waals surface area contributed by atoms with Gasteiger partial charge in [0.05, 0.1) is 16.4 Å². The highest BCUT2D eigenvalue weighted by Gasteiger charge is 2.24. The molecular weight excluding hydrogens is 354 g/mol. The van der Waals surface area contributed by atoms with E-state index in [1.54, 1.807) is 11.3 Å². The molecule has 0 aliphatic carbocycles. The number of likely N-dealkylation sites (tertiary alicyclic amines) is 1. The Morgan fingerprint density at radius 3 is 2.64 bits per heavy atom. The molecule has 1 fully saturated rings. The van der Waals surface area contributed by atoms with Crippen LogP contribution in [-0.4, -0.2) is 39.3 Å². The monoisotopic (exact) mass is 375 g/mol. The summed E-state index contributed by atoms with van der Waals surface area (Å²) in [5.74, 6) is 0. The van der Waals surface area contributed by atoms with Gasteiger partial charge in [0.1, 0.15) is 0 Å². The van der Waals surface area contributed by atoms with Gasteiger partial charge in [-0.3, -0.25) is 4.90 Å². The van der Waals surface area contributed by atoms with E-state index in [1.165, 1.54) is 18.4 Å². The van der Waals surface area contributed by atoms with Crippen molar-refractivity contribution in [2.75, 3.05) is 25.0 Å². The summed E-state index contributed by atoms with van der Waals surface area (Å²) in [6.45, 7) is 5.18. The van der Waals surface area contributed by atoms with Gasteiger partial charge in [-0.25, -0.2) is 9.67 Å². The Bertz CT molecular complexity index is 829. The summed E-state index contributed by atoms with van der Waals surface area (Å²) in [5.41, 5.74) is 3.30. The molecule has 7 heteroatoms. The van der Waals surface area contributed by atoms with Gasteiger partial charge in [-0.1, -0.05) is 35.1 Å². The van der Waals surface area contributed by atoms with Crippen LogP contribution in [0, 0.1) is 6.92 Å². The lowest BCUT2D eigenvalue weighted by atomic mass is 10.1. The molecule has 1 aliphatic rings. The van der Waals surface area contributed by atoms with E-state index >= 15 is 0 Å². The summed E-state index contributed by atoms with van der Waals surface area (Å²) in [6.07, 6.45) is 2.55. The van der Waals surface area contributed by atoms with Crippen LogP contribution in [0.2, 0.25) is 5.02 Å². The number of rotatable bonds is 5. The number of anilines is 1. The number of nitrogens with zero attached hydrogens (tertiary/aromatic N) is 4. The molecule has 25 heavy (non-hydrogen) atoms. The number of aromatic nitrogens is 3. The Balaban J connectivity index is 1.55. The first-order chi connectivity index (χ1) is 12.1. The van der Waals surface area contributed by atoms with Gasteiger partial charge in [0.25, 0.3) is 0 Å². The van der Waals surface area contributed by atoms with Gasteiger partial charge < -0.3 is 5.32 Å². The van der Waals surface area contributed by atoms with Crippen LogP contribution in [0.25, 0.3) is 10.3 Å². The lowest BCUT2D eigenvalue weighted by molar-refractivity contribution is 0.256. The van der Waals surface area contributed by atoms with Crippen LogP contribution in [0.3, 0.4) is 0 Å². The minimum absolute atomic E-state index is 0.339. The van der Waals surface area contributed by atoms with Crippen molar-refractivity contribution in [3.8, 4) is 0 Å². The molecule has 1 saturated heterocycles. The molecule has 0 amide bonds. The number of thiazole rings is 1. The average molecular weight is 376 g/mol. The first kappa shape index (κ1) is 16.8. The molecule has 2 aromatic heterocycles. The minimum Gasteiger partial charge on any atom is -0.360 e. The zero-order chi connectivity index (χ0) is 17.4. The van der Waals surface area contributed by atoms with Crippen molar-refractivity contribution in [3.05, 3.63) is 40.5 Å². The first-order valence-corrected chi connectivity index (χ1v) is 9.85. The molecule has 1 aromatic carbocycles. The van der Waals surface area contributed by atoms with E-state index in [0.29, 0.717) is 6.04 Å². The molecule has 1 atom stereocenters. The molecular formula is C18H22ClN5S. The van der Waals surface area contributed by atoms with Gasteiger partial charge in [0.15, 0.2) is 10.8 Å². The topological polar surface area (TPSA) is 46.0 Å². The molecule has 0 radical (unpaired) electrons. The molecule has 1 aliphatic heterocycles. The number of hydrogen-bond donors (Lipinski definition) is 1. The molecule has 0 unspecified atom stereocenters. The minimum atomic E-state index is 0.339. The van der Waals surface area contributed by atoms with Gasteiger partial charge in [-0.2, -0.15) is 5.10 Å². The van der Waals surface area contributed by atoms with E-state index < -0.39 is 0 Å².